The fraction of sp³-hybridized carbons (Fsp3) is 0.353. The molecule has 24 heavy (non-hydrogen) atoms. The number of ether oxygens (including phenoxy) is 1. The summed E-state index contributed by atoms with van der Waals surface area (Å²) in [6, 6.07) is 8.22. The number of hydrogen-bond donors (Lipinski definition) is 1. The van der Waals surface area contributed by atoms with Gasteiger partial charge in [-0.1, -0.05) is 24.3 Å². The van der Waals surface area contributed by atoms with E-state index in [2.05, 4.69) is 22.4 Å². The minimum absolute atomic E-state index is 0.0532. The fourth-order valence-electron chi connectivity index (χ4n) is 2.68. The van der Waals surface area contributed by atoms with E-state index in [9.17, 15) is 9.59 Å². The zero-order chi connectivity index (χ0) is 16.9. The second kappa shape index (κ2) is 7.44. The molecule has 0 spiro atoms. The average molecular weight is 345 g/mol. The minimum Gasteiger partial charge on any atom is -0.450 e. The van der Waals surface area contributed by atoms with E-state index in [1.807, 2.05) is 17.0 Å². The van der Waals surface area contributed by atoms with Crippen molar-refractivity contribution >= 4 is 28.5 Å². The lowest BCUT2D eigenvalue weighted by Crippen LogP contribution is -2.36. The summed E-state index contributed by atoms with van der Waals surface area (Å²) in [4.78, 5) is 30.0. The molecule has 1 N–H and O–H groups in total. The number of thiazole rings is 1. The van der Waals surface area contributed by atoms with Gasteiger partial charge in [0, 0.05) is 18.5 Å². The van der Waals surface area contributed by atoms with Crippen molar-refractivity contribution in [2.24, 2.45) is 0 Å². The van der Waals surface area contributed by atoms with E-state index in [1.165, 1.54) is 22.5 Å². The number of hydrogen-bond acceptors (Lipinski definition) is 5. The molecule has 1 aliphatic heterocycles. The Bertz CT molecular complexity index is 744. The monoisotopic (exact) mass is 345 g/mol. The van der Waals surface area contributed by atoms with Gasteiger partial charge in [-0.25, -0.2) is 9.78 Å². The lowest BCUT2D eigenvalue weighted by molar-refractivity contribution is -0.131. The number of fused-ring (bicyclic) bond motifs is 1. The molecule has 0 radical (unpaired) electrons. The van der Waals surface area contributed by atoms with E-state index in [0.29, 0.717) is 24.0 Å². The summed E-state index contributed by atoms with van der Waals surface area (Å²) in [5.74, 6) is 0.0532. The third kappa shape index (κ3) is 3.91. The first-order valence-corrected chi connectivity index (χ1v) is 8.76. The summed E-state index contributed by atoms with van der Waals surface area (Å²) in [5.41, 5.74) is 3.19. The molecule has 1 aliphatic rings. The second-order valence-corrected chi connectivity index (χ2v) is 6.36. The highest BCUT2D eigenvalue weighted by Gasteiger charge is 2.21. The third-order valence-electron chi connectivity index (χ3n) is 3.85. The van der Waals surface area contributed by atoms with Gasteiger partial charge < -0.3 is 9.64 Å². The van der Waals surface area contributed by atoms with Crippen LogP contribution in [0.15, 0.2) is 29.6 Å². The number of benzene rings is 1. The Hall–Kier alpha value is -2.41. The van der Waals surface area contributed by atoms with E-state index in [0.717, 1.165) is 13.0 Å². The molecule has 6 nitrogen and oxygen atoms in total. The Labute approximate surface area is 144 Å². The normalized spacial score (nSPS) is 13.3. The van der Waals surface area contributed by atoms with Crippen molar-refractivity contribution in [2.45, 2.75) is 26.3 Å². The lowest BCUT2D eigenvalue weighted by atomic mass is 10.00. The van der Waals surface area contributed by atoms with Crippen molar-refractivity contribution in [3.63, 3.8) is 0 Å². The molecule has 2 heterocycles. The first-order valence-electron chi connectivity index (χ1n) is 7.88. The Balaban J connectivity index is 1.58. The highest BCUT2D eigenvalue weighted by molar-refractivity contribution is 7.13. The maximum absolute atomic E-state index is 12.5. The summed E-state index contributed by atoms with van der Waals surface area (Å²) in [6.45, 7) is 3.42. The molecule has 126 valence electrons. The van der Waals surface area contributed by atoms with Crippen molar-refractivity contribution in [3.8, 4) is 0 Å². The molecule has 3 rings (SSSR count). The van der Waals surface area contributed by atoms with E-state index < -0.39 is 6.09 Å². The van der Waals surface area contributed by atoms with Crippen LogP contribution in [0, 0.1) is 0 Å². The van der Waals surface area contributed by atoms with Gasteiger partial charge in [-0.05, 0) is 24.5 Å². The molecule has 7 heteroatoms. The fourth-order valence-corrected chi connectivity index (χ4v) is 3.37. The van der Waals surface area contributed by atoms with Crippen LogP contribution in [0.1, 0.15) is 23.7 Å². The van der Waals surface area contributed by atoms with Gasteiger partial charge in [-0.15, -0.1) is 11.3 Å². The number of nitrogens with one attached hydrogen (secondary N) is 1. The van der Waals surface area contributed by atoms with Crippen molar-refractivity contribution in [1.29, 1.82) is 0 Å². The van der Waals surface area contributed by atoms with Crippen LogP contribution in [0.5, 0.6) is 0 Å². The molecule has 2 aromatic rings. The van der Waals surface area contributed by atoms with Crippen LogP contribution in [0.25, 0.3) is 0 Å². The topological polar surface area (TPSA) is 71.5 Å². The van der Waals surface area contributed by atoms with Crippen molar-refractivity contribution < 1.29 is 14.3 Å². The van der Waals surface area contributed by atoms with Crippen molar-refractivity contribution in [1.82, 2.24) is 9.88 Å². The number of carbonyl (C=O) groups excluding carboxylic acids is 2. The zero-order valence-electron chi connectivity index (χ0n) is 13.4. The van der Waals surface area contributed by atoms with Crippen LogP contribution in [0.3, 0.4) is 0 Å². The van der Waals surface area contributed by atoms with E-state index in [-0.39, 0.29) is 12.3 Å². The van der Waals surface area contributed by atoms with Gasteiger partial charge in [0.05, 0.1) is 18.7 Å². The molecule has 2 amide bonds. The Morgan fingerprint density at radius 1 is 1.33 bits per heavy atom. The summed E-state index contributed by atoms with van der Waals surface area (Å²) in [5, 5.41) is 4.78. The molecule has 0 bridgehead atoms. The maximum Gasteiger partial charge on any atom is 0.413 e. The van der Waals surface area contributed by atoms with Gasteiger partial charge in [-0.2, -0.15) is 0 Å². The van der Waals surface area contributed by atoms with Crippen LogP contribution in [-0.4, -0.2) is 35.0 Å². The highest BCUT2D eigenvalue weighted by atomic mass is 32.1. The molecular formula is C17H19N3O3S. The summed E-state index contributed by atoms with van der Waals surface area (Å²) >= 11 is 1.29. The molecule has 1 aromatic carbocycles. The number of carbonyl (C=O) groups is 2. The van der Waals surface area contributed by atoms with Gasteiger partial charge in [-0.3, -0.25) is 10.1 Å². The van der Waals surface area contributed by atoms with Gasteiger partial charge in [0.1, 0.15) is 0 Å². The highest BCUT2D eigenvalue weighted by Crippen LogP contribution is 2.21. The quantitative estimate of drug-likeness (QED) is 0.925. The summed E-state index contributed by atoms with van der Waals surface area (Å²) in [7, 11) is 0. The molecule has 0 atom stereocenters. The van der Waals surface area contributed by atoms with E-state index in [1.54, 1.807) is 12.3 Å². The molecule has 0 aliphatic carbocycles. The van der Waals surface area contributed by atoms with Crippen molar-refractivity contribution in [3.05, 3.63) is 46.5 Å². The second-order valence-electron chi connectivity index (χ2n) is 5.50. The van der Waals surface area contributed by atoms with Crippen LogP contribution in [0.2, 0.25) is 0 Å². The Kier molecular flexibility index (Phi) is 5.10. The third-order valence-corrected chi connectivity index (χ3v) is 4.66. The zero-order valence-corrected chi connectivity index (χ0v) is 14.3. The van der Waals surface area contributed by atoms with E-state index >= 15 is 0 Å². The lowest BCUT2D eigenvalue weighted by Gasteiger charge is -2.28. The predicted molar refractivity (Wildman–Crippen MR) is 92.0 cm³/mol. The first-order chi connectivity index (χ1) is 11.7. The van der Waals surface area contributed by atoms with Crippen LogP contribution in [0.4, 0.5) is 9.93 Å². The standard InChI is InChI=1S/C17H19N3O3S/c1-2-23-17(22)19-16-18-14(11-24-16)9-15(21)20-8-7-12-5-3-4-6-13(12)10-20/h3-6,11H,2,7-10H2,1H3,(H,18,19,22). The Morgan fingerprint density at radius 2 is 2.12 bits per heavy atom. The minimum atomic E-state index is -0.530. The molecule has 0 saturated heterocycles. The van der Waals surface area contributed by atoms with Gasteiger partial charge in [0.2, 0.25) is 5.91 Å². The smallest absolute Gasteiger partial charge is 0.413 e. The number of aromatic nitrogens is 1. The molecule has 0 fully saturated rings. The molecule has 0 saturated carbocycles. The predicted octanol–water partition coefficient (Wildman–Crippen LogP) is 2.84. The maximum atomic E-state index is 12.5. The average Bonchev–Trinajstić information content (AvgIpc) is 3.01. The molecular weight excluding hydrogens is 326 g/mol. The molecule has 0 unspecified atom stereocenters. The van der Waals surface area contributed by atoms with Gasteiger partial charge >= 0.3 is 6.09 Å². The number of nitrogens with zero attached hydrogens (tertiary/aromatic N) is 2. The molecule has 1 aromatic heterocycles. The summed E-state index contributed by atoms with van der Waals surface area (Å²) in [6.07, 6.45) is 0.593. The van der Waals surface area contributed by atoms with Gasteiger partial charge in [0.25, 0.3) is 0 Å². The number of rotatable bonds is 4. The largest absolute Gasteiger partial charge is 0.450 e. The summed E-state index contributed by atoms with van der Waals surface area (Å²) < 4.78 is 4.81. The van der Waals surface area contributed by atoms with Crippen LogP contribution >= 0.6 is 11.3 Å². The van der Waals surface area contributed by atoms with Gasteiger partial charge in [0.15, 0.2) is 5.13 Å². The van der Waals surface area contributed by atoms with Crippen LogP contribution in [-0.2, 0) is 28.9 Å². The number of anilines is 1. The number of amides is 2. The first kappa shape index (κ1) is 16.4. The van der Waals surface area contributed by atoms with Crippen LogP contribution < -0.4 is 5.32 Å². The van der Waals surface area contributed by atoms with E-state index in [4.69, 9.17) is 4.74 Å². The Morgan fingerprint density at radius 3 is 2.92 bits per heavy atom. The SMILES string of the molecule is CCOC(=O)Nc1nc(CC(=O)N2CCc3ccccc3C2)cs1. The van der Waals surface area contributed by atoms with Crippen molar-refractivity contribution in [2.75, 3.05) is 18.5 Å².